The number of benzene rings is 1. The van der Waals surface area contributed by atoms with E-state index in [1.807, 2.05) is 0 Å². The Kier molecular flexibility index (Phi) is 6.35. The number of aliphatic hydroxyl groups excluding tert-OH is 1. The third-order valence-corrected chi connectivity index (χ3v) is 4.40. The summed E-state index contributed by atoms with van der Waals surface area (Å²) in [6.45, 7) is 0.649. The third kappa shape index (κ3) is 4.14. The Morgan fingerprint density at radius 1 is 1.20 bits per heavy atom. The Morgan fingerprint density at radius 3 is 2.45 bits per heavy atom. The molecule has 1 aromatic carbocycles. The van der Waals surface area contributed by atoms with Gasteiger partial charge in [0.05, 0.1) is 10.6 Å². The molecule has 4 nitrogen and oxygen atoms in total. The Bertz CT molecular complexity index is 520. The highest BCUT2D eigenvalue weighted by molar-refractivity contribution is 7.91. The predicted molar refractivity (Wildman–Crippen MR) is 73.8 cm³/mol. The van der Waals surface area contributed by atoms with Gasteiger partial charge in [0, 0.05) is 20.2 Å². The first-order valence-corrected chi connectivity index (χ1v) is 7.89. The molecule has 0 fully saturated rings. The summed E-state index contributed by atoms with van der Waals surface area (Å²) in [6.07, 6.45) is 2.22. The lowest BCUT2D eigenvalue weighted by Crippen LogP contribution is -2.22. The van der Waals surface area contributed by atoms with Crippen LogP contribution in [0.4, 0.5) is 14.5 Å². The average molecular weight is 307 g/mol. The third-order valence-electron chi connectivity index (χ3n) is 2.97. The molecule has 0 aliphatic rings. The van der Waals surface area contributed by atoms with E-state index in [2.05, 4.69) is 0 Å². The quantitative estimate of drug-likeness (QED) is 0.749. The summed E-state index contributed by atoms with van der Waals surface area (Å²) in [7, 11) is -2.94. The minimum Gasteiger partial charge on any atom is -0.396 e. The lowest BCUT2D eigenvalue weighted by atomic mass is 10.2. The molecule has 1 rings (SSSR count). The Labute approximate surface area is 117 Å². The summed E-state index contributed by atoms with van der Waals surface area (Å²) in [4.78, 5) is 1.30. The van der Waals surface area contributed by atoms with Crippen LogP contribution in [0.3, 0.4) is 0 Å². The number of para-hydroxylation sites is 1. The topological polar surface area (TPSA) is 57.6 Å². The van der Waals surface area contributed by atoms with Crippen LogP contribution in [0.5, 0.6) is 0 Å². The van der Waals surface area contributed by atoms with Crippen LogP contribution in [0.1, 0.15) is 19.3 Å². The molecule has 0 aliphatic heterocycles. The molecule has 1 aromatic rings. The maximum absolute atomic E-state index is 12.7. The Morgan fingerprint density at radius 2 is 1.85 bits per heavy atom. The Hall–Kier alpha value is -1.21. The smallest absolute Gasteiger partial charge is 0.341 e. The lowest BCUT2D eigenvalue weighted by Gasteiger charge is -2.22. The number of rotatable bonds is 8. The van der Waals surface area contributed by atoms with Crippen LogP contribution in [0.25, 0.3) is 0 Å². The lowest BCUT2D eigenvalue weighted by molar-refractivity contribution is 0.235. The summed E-state index contributed by atoms with van der Waals surface area (Å²) in [5.41, 5.74) is 0.275. The molecule has 114 valence electrons. The van der Waals surface area contributed by atoms with Crippen molar-refractivity contribution in [2.24, 2.45) is 0 Å². The fraction of sp³-hybridized carbons (Fsp3) is 0.538. The van der Waals surface area contributed by atoms with Crippen LogP contribution in [0.2, 0.25) is 0 Å². The van der Waals surface area contributed by atoms with Crippen LogP contribution in [0.15, 0.2) is 29.2 Å². The van der Waals surface area contributed by atoms with E-state index in [-0.39, 0.29) is 17.2 Å². The highest BCUT2D eigenvalue weighted by Crippen LogP contribution is 2.28. The van der Waals surface area contributed by atoms with Gasteiger partial charge >= 0.3 is 5.76 Å². The minimum atomic E-state index is -4.60. The first-order valence-electron chi connectivity index (χ1n) is 6.34. The van der Waals surface area contributed by atoms with Crippen molar-refractivity contribution in [3.05, 3.63) is 24.3 Å². The van der Waals surface area contributed by atoms with E-state index in [4.69, 9.17) is 5.11 Å². The highest BCUT2D eigenvalue weighted by Gasteiger charge is 2.29. The summed E-state index contributed by atoms with van der Waals surface area (Å²) in [6, 6.07) is 5.75. The molecule has 0 heterocycles. The number of hydrogen-bond acceptors (Lipinski definition) is 4. The molecule has 0 spiro atoms. The molecule has 0 aromatic heterocycles. The normalized spacial score (nSPS) is 11.8. The minimum absolute atomic E-state index is 0.111. The number of unbranched alkanes of at least 4 members (excludes halogenated alkanes) is 2. The molecule has 0 atom stereocenters. The maximum Gasteiger partial charge on any atom is 0.341 e. The molecule has 0 aliphatic carbocycles. The summed E-state index contributed by atoms with van der Waals surface area (Å²) < 4.78 is 48.6. The number of nitrogens with zero attached hydrogens (tertiary/aromatic N) is 1. The van der Waals surface area contributed by atoms with Crippen molar-refractivity contribution in [2.75, 3.05) is 25.1 Å². The fourth-order valence-corrected chi connectivity index (χ4v) is 2.84. The van der Waals surface area contributed by atoms with Gasteiger partial charge in [-0.1, -0.05) is 12.1 Å². The van der Waals surface area contributed by atoms with Gasteiger partial charge in [-0.2, -0.15) is 8.78 Å². The predicted octanol–water partition coefficient (Wildman–Crippen LogP) is 2.28. The molecular formula is C13H19F2NO3S. The number of hydrogen-bond donors (Lipinski definition) is 1. The van der Waals surface area contributed by atoms with Gasteiger partial charge in [0.25, 0.3) is 0 Å². The van der Waals surface area contributed by atoms with Crippen molar-refractivity contribution in [2.45, 2.75) is 29.9 Å². The van der Waals surface area contributed by atoms with Crippen molar-refractivity contribution < 1.29 is 22.3 Å². The van der Waals surface area contributed by atoms with Crippen molar-refractivity contribution in [1.29, 1.82) is 0 Å². The monoisotopic (exact) mass is 307 g/mol. The van der Waals surface area contributed by atoms with Crippen LogP contribution in [0, 0.1) is 0 Å². The van der Waals surface area contributed by atoms with Gasteiger partial charge in [-0.05, 0) is 31.4 Å². The first-order chi connectivity index (χ1) is 9.41. The van der Waals surface area contributed by atoms with Gasteiger partial charge in [0.1, 0.15) is 0 Å². The van der Waals surface area contributed by atoms with E-state index in [0.29, 0.717) is 13.0 Å². The van der Waals surface area contributed by atoms with Gasteiger partial charge in [-0.3, -0.25) is 0 Å². The molecule has 0 unspecified atom stereocenters. The second-order valence-electron chi connectivity index (χ2n) is 4.48. The van der Waals surface area contributed by atoms with Crippen molar-refractivity contribution in [3.63, 3.8) is 0 Å². The van der Waals surface area contributed by atoms with E-state index < -0.39 is 15.6 Å². The standard InChI is InChI=1S/C13H19F2NO3S/c1-16(9-5-2-6-10-17)11-7-3-4-8-12(11)20(18,19)13(14)15/h3-4,7-8,13,17H,2,5-6,9-10H2,1H3. The van der Waals surface area contributed by atoms with Gasteiger partial charge in [0.2, 0.25) is 9.84 Å². The molecule has 0 radical (unpaired) electrons. The Balaban J connectivity index is 2.91. The van der Waals surface area contributed by atoms with Gasteiger partial charge in [-0.15, -0.1) is 0 Å². The maximum atomic E-state index is 12.7. The molecule has 7 heteroatoms. The van der Waals surface area contributed by atoms with Crippen molar-refractivity contribution >= 4 is 15.5 Å². The zero-order chi connectivity index (χ0) is 15.2. The van der Waals surface area contributed by atoms with E-state index >= 15 is 0 Å². The van der Waals surface area contributed by atoms with Crippen LogP contribution in [-0.2, 0) is 9.84 Å². The molecule has 1 N–H and O–H groups in total. The number of aliphatic hydroxyl groups is 1. The van der Waals surface area contributed by atoms with Crippen LogP contribution < -0.4 is 4.90 Å². The van der Waals surface area contributed by atoms with E-state index in [1.54, 1.807) is 18.0 Å². The molecule has 0 amide bonds. The second-order valence-corrected chi connectivity index (χ2v) is 6.37. The number of anilines is 1. The van der Waals surface area contributed by atoms with Gasteiger partial charge in [-0.25, -0.2) is 8.42 Å². The second kappa shape index (κ2) is 7.54. The zero-order valence-electron chi connectivity index (χ0n) is 11.3. The molecular weight excluding hydrogens is 288 g/mol. The van der Waals surface area contributed by atoms with Crippen LogP contribution >= 0.6 is 0 Å². The summed E-state index contributed by atoms with van der Waals surface area (Å²) in [5.74, 6) is -3.42. The summed E-state index contributed by atoms with van der Waals surface area (Å²) in [5, 5.41) is 8.68. The van der Waals surface area contributed by atoms with E-state index in [0.717, 1.165) is 12.8 Å². The molecule has 0 saturated carbocycles. The van der Waals surface area contributed by atoms with Gasteiger partial charge < -0.3 is 10.0 Å². The first kappa shape index (κ1) is 16.8. The number of halogens is 2. The fourth-order valence-electron chi connectivity index (χ4n) is 1.87. The largest absolute Gasteiger partial charge is 0.396 e. The molecule has 0 bridgehead atoms. The van der Waals surface area contributed by atoms with Gasteiger partial charge in [0.15, 0.2) is 0 Å². The number of sulfone groups is 1. The molecule has 0 saturated heterocycles. The highest BCUT2D eigenvalue weighted by atomic mass is 32.2. The number of alkyl halides is 2. The summed E-state index contributed by atoms with van der Waals surface area (Å²) >= 11 is 0. The molecule has 20 heavy (non-hydrogen) atoms. The van der Waals surface area contributed by atoms with Crippen molar-refractivity contribution in [1.82, 2.24) is 0 Å². The van der Waals surface area contributed by atoms with Crippen molar-refractivity contribution in [3.8, 4) is 0 Å². The van der Waals surface area contributed by atoms with E-state index in [1.165, 1.54) is 18.2 Å². The zero-order valence-corrected chi connectivity index (χ0v) is 12.1. The van der Waals surface area contributed by atoms with E-state index in [9.17, 15) is 17.2 Å². The van der Waals surface area contributed by atoms with Crippen LogP contribution in [-0.4, -0.2) is 39.5 Å². The average Bonchev–Trinajstić information content (AvgIpc) is 2.43. The SMILES string of the molecule is CN(CCCCCO)c1ccccc1S(=O)(=O)C(F)F.